The van der Waals surface area contributed by atoms with Crippen molar-refractivity contribution in [3.05, 3.63) is 11.1 Å². The van der Waals surface area contributed by atoms with Gasteiger partial charge in [0, 0.05) is 30.1 Å². The molecular formula is C13H21N3S. The van der Waals surface area contributed by atoms with Gasteiger partial charge in [-0.25, -0.2) is 4.98 Å². The summed E-state index contributed by atoms with van der Waals surface area (Å²) in [6, 6.07) is 2.21. The number of piperidine rings is 1. The van der Waals surface area contributed by atoms with E-state index < -0.39 is 0 Å². The summed E-state index contributed by atoms with van der Waals surface area (Å²) in [5.74, 6) is 0. The molecule has 2 fully saturated rings. The van der Waals surface area contributed by atoms with Crippen molar-refractivity contribution in [3.63, 3.8) is 0 Å². The van der Waals surface area contributed by atoms with Gasteiger partial charge in [-0.15, -0.1) is 11.3 Å². The number of fused-ring (bicyclic) bond motifs is 2. The lowest BCUT2D eigenvalue weighted by Gasteiger charge is -2.37. The van der Waals surface area contributed by atoms with Gasteiger partial charge >= 0.3 is 0 Å². The van der Waals surface area contributed by atoms with Crippen LogP contribution in [-0.2, 0) is 0 Å². The Labute approximate surface area is 107 Å². The van der Waals surface area contributed by atoms with Gasteiger partial charge in [-0.05, 0) is 39.5 Å². The van der Waals surface area contributed by atoms with Crippen LogP contribution in [0, 0.1) is 6.92 Å². The van der Waals surface area contributed by atoms with Crippen LogP contribution in [0.25, 0.3) is 0 Å². The fraction of sp³-hybridized carbons (Fsp3) is 0.769. The van der Waals surface area contributed by atoms with Crippen LogP contribution in [0.3, 0.4) is 0 Å². The van der Waals surface area contributed by atoms with Gasteiger partial charge in [-0.1, -0.05) is 0 Å². The quantitative estimate of drug-likeness (QED) is 0.895. The third kappa shape index (κ3) is 2.20. The van der Waals surface area contributed by atoms with Crippen LogP contribution in [0.15, 0.2) is 5.38 Å². The van der Waals surface area contributed by atoms with Crippen molar-refractivity contribution in [3.8, 4) is 0 Å². The molecule has 1 N–H and O–H groups in total. The number of rotatable bonds is 3. The standard InChI is InChI=1S/C13H21N3S/c1-3-16(13-14-9(2)8-17-13)12-6-10-4-5-11(7-12)15-10/h8,10-12,15H,3-7H2,1-2H3. The third-order valence-electron chi connectivity index (χ3n) is 4.08. The molecular weight excluding hydrogens is 230 g/mol. The van der Waals surface area contributed by atoms with Gasteiger partial charge in [0.1, 0.15) is 0 Å². The Bertz CT molecular complexity index is 378. The summed E-state index contributed by atoms with van der Waals surface area (Å²) < 4.78 is 0. The van der Waals surface area contributed by atoms with Crippen molar-refractivity contribution in [1.82, 2.24) is 10.3 Å². The molecule has 0 aromatic carbocycles. The Morgan fingerprint density at radius 2 is 2.12 bits per heavy atom. The summed E-state index contributed by atoms with van der Waals surface area (Å²) in [4.78, 5) is 7.17. The molecule has 4 heteroatoms. The Hall–Kier alpha value is -0.610. The van der Waals surface area contributed by atoms with Crippen LogP contribution < -0.4 is 10.2 Å². The molecule has 94 valence electrons. The first-order valence-corrected chi connectivity index (χ1v) is 7.59. The maximum atomic E-state index is 4.65. The predicted octanol–water partition coefficient (Wildman–Crippen LogP) is 2.56. The summed E-state index contributed by atoms with van der Waals surface area (Å²) in [5, 5.41) is 7.09. The van der Waals surface area contributed by atoms with Crippen molar-refractivity contribution in [1.29, 1.82) is 0 Å². The summed E-state index contributed by atoms with van der Waals surface area (Å²) >= 11 is 1.79. The maximum absolute atomic E-state index is 4.65. The van der Waals surface area contributed by atoms with Crippen LogP contribution in [-0.4, -0.2) is 29.7 Å². The molecule has 0 radical (unpaired) electrons. The molecule has 3 heterocycles. The largest absolute Gasteiger partial charge is 0.345 e. The van der Waals surface area contributed by atoms with Crippen LogP contribution in [0.1, 0.15) is 38.3 Å². The second-order valence-corrected chi connectivity index (χ2v) is 6.16. The van der Waals surface area contributed by atoms with Crippen LogP contribution in [0.4, 0.5) is 5.13 Å². The van der Waals surface area contributed by atoms with Crippen molar-refractivity contribution in [2.45, 2.75) is 57.7 Å². The van der Waals surface area contributed by atoms with E-state index in [0.29, 0.717) is 6.04 Å². The zero-order chi connectivity index (χ0) is 11.8. The van der Waals surface area contributed by atoms with Crippen LogP contribution in [0.2, 0.25) is 0 Å². The van der Waals surface area contributed by atoms with Crippen molar-refractivity contribution in [2.24, 2.45) is 0 Å². The Morgan fingerprint density at radius 1 is 1.41 bits per heavy atom. The van der Waals surface area contributed by atoms with E-state index in [1.165, 1.54) is 30.8 Å². The van der Waals surface area contributed by atoms with E-state index in [0.717, 1.165) is 24.3 Å². The minimum atomic E-state index is 0.698. The molecule has 2 aliphatic rings. The van der Waals surface area contributed by atoms with Gasteiger partial charge < -0.3 is 10.2 Å². The first kappa shape index (κ1) is 11.5. The number of hydrogen-bond acceptors (Lipinski definition) is 4. The summed E-state index contributed by atoms with van der Waals surface area (Å²) in [6.45, 7) is 5.41. The Kier molecular flexibility index (Phi) is 3.09. The molecule has 2 unspecified atom stereocenters. The molecule has 1 aromatic heterocycles. The van der Waals surface area contributed by atoms with Gasteiger partial charge in [-0.2, -0.15) is 0 Å². The molecule has 0 saturated carbocycles. The second kappa shape index (κ2) is 4.58. The minimum absolute atomic E-state index is 0.698. The third-order valence-corrected chi connectivity index (χ3v) is 5.08. The molecule has 17 heavy (non-hydrogen) atoms. The van der Waals surface area contributed by atoms with E-state index in [9.17, 15) is 0 Å². The molecule has 2 atom stereocenters. The van der Waals surface area contributed by atoms with E-state index in [-0.39, 0.29) is 0 Å². The molecule has 0 spiro atoms. The number of thiazole rings is 1. The first-order chi connectivity index (χ1) is 8.26. The highest BCUT2D eigenvalue weighted by molar-refractivity contribution is 7.13. The molecule has 2 bridgehead atoms. The zero-order valence-corrected chi connectivity index (χ0v) is 11.5. The van der Waals surface area contributed by atoms with Crippen molar-refractivity contribution >= 4 is 16.5 Å². The van der Waals surface area contributed by atoms with Crippen molar-refractivity contribution in [2.75, 3.05) is 11.4 Å². The average molecular weight is 251 g/mol. The van der Waals surface area contributed by atoms with E-state index in [2.05, 4.69) is 34.4 Å². The van der Waals surface area contributed by atoms with Gasteiger partial charge in [0.2, 0.25) is 0 Å². The number of anilines is 1. The smallest absolute Gasteiger partial charge is 0.185 e. The highest BCUT2D eigenvalue weighted by Crippen LogP contribution is 2.33. The number of nitrogens with zero attached hydrogens (tertiary/aromatic N) is 2. The van der Waals surface area contributed by atoms with E-state index in [4.69, 9.17) is 0 Å². The number of hydrogen-bond donors (Lipinski definition) is 1. The minimum Gasteiger partial charge on any atom is -0.345 e. The number of aryl methyl sites for hydroxylation is 1. The first-order valence-electron chi connectivity index (χ1n) is 6.71. The lowest BCUT2D eigenvalue weighted by molar-refractivity contribution is 0.349. The maximum Gasteiger partial charge on any atom is 0.185 e. The number of nitrogens with one attached hydrogen (secondary N) is 1. The highest BCUT2D eigenvalue weighted by Gasteiger charge is 2.36. The normalized spacial score (nSPS) is 31.8. The topological polar surface area (TPSA) is 28.2 Å². The lowest BCUT2D eigenvalue weighted by atomic mass is 9.98. The molecule has 1 aromatic rings. The van der Waals surface area contributed by atoms with E-state index >= 15 is 0 Å². The number of aromatic nitrogens is 1. The summed E-state index contributed by atoms with van der Waals surface area (Å²) in [6.07, 6.45) is 5.33. The van der Waals surface area contributed by atoms with Crippen molar-refractivity contribution < 1.29 is 0 Å². The molecule has 0 amide bonds. The highest BCUT2D eigenvalue weighted by atomic mass is 32.1. The van der Waals surface area contributed by atoms with Crippen LogP contribution >= 0.6 is 11.3 Å². The fourth-order valence-electron chi connectivity index (χ4n) is 3.30. The average Bonchev–Trinajstić information content (AvgIpc) is 2.87. The molecule has 3 nitrogen and oxygen atoms in total. The van der Waals surface area contributed by atoms with E-state index in [1.807, 2.05) is 0 Å². The summed E-state index contributed by atoms with van der Waals surface area (Å²) in [5.41, 5.74) is 1.15. The van der Waals surface area contributed by atoms with Crippen LogP contribution in [0.5, 0.6) is 0 Å². The molecule has 2 aliphatic heterocycles. The Balaban J connectivity index is 1.77. The van der Waals surface area contributed by atoms with Gasteiger partial charge in [0.25, 0.3) is 0 Å². The second-order valence-electron chi connectivity index (χ2n) is 5.32. The zero-order valence-electron chi connectivity index (χ0n) is 10.6. The predicted molar refractivity (Wildman–Crippen MR) is 72.8 cm³/mol. The fourth-order valence-corrected chi connectivity index (χ4v) is 4.24. The van der Waals surface area contributed by atoms with E-state index in [1.54, 1.807) is 11.3 Å². The molecule has 0 aliphatic carbocycles. The monoisotopic (exact) mass is 251 g/mol. The van der Waals surface area contributed by atoms with Gasteiger partial charge in [0.15, 0.2) is 5.13 Å². The molecule has 3 rings (SSSR count). The Morgan fingerprint density at radius 3 is 2.65 bits per heavy atom. The SMILES string of the molecule is CCN(c1nc(C)cs1)C1CC2CCC(C1)N2. The lowest BCUT2D eigenvalue weighted by Crippen LogP contribution is -2.48. The summed E-state index contributed by atoms with van der Waals surface area (Å²) in [7, 11) is 0. The molecule has 2 saturated heterocycles. The van der Waals surface area contributed by atoms with Gasteiger partial charge in [0.05, 0.1) is 5.69 Å². The van der Waals surface area contributed by atoms with Gasteiger partial charge in [-0.3, -0.25) is 0 Å².